The molecular formula is C17H22N6S2. The van der Waals surface area contributed by atoms with Gasteiger partial charge >= 0.3 is 0 Å². The van der Waals surface area contributed by atoms with Crippen molar-refractivity contribution >= 4 is 64.8 Å². The Balaban J connectivity index is 2.01. The summed E-state index contributed by atoms with van der Waals surface area (Å²) in [5, 5.41) is 10.3. The van der Waals surface area contributed by atoms with E-state index in [-0.39, 0.29) is 0 Å². The monoisotopic (exact) mass is 374 g/mol. The van der Waals surface area contributed by atoms with Crippen LogP contribution in [0.4, 0.5) is 10.3 Å². The summed E-state index contributed by atoms with van der Waals surface area (Å²) in [6, 6.07) is 2.14. The normalized spacial score (nSPS) is 13.0. The van der Waals surface area contributed by atoms with E-state index in [1.807, 2.05) is 13.8 Å². The van der Waals surface area contributed by atoms with E-state index in [0.717, 1.165) is 60.5 Å². The first-order chi connectivity index (χ1) is 12.0. The highest BCUT2D eigenvalue weighted by Crippen LogP contribution is 2.38. The number of nitrogens with zero attached hydrogens (tertiary/aromatic N) is 4. The lowest BCUT2D eigenvalue weighted by atomic mass is 10.2. The molecule has 0 radical (unpaired) electrons. The molecule has 3 rings (SSSR count). The molecule has 0 aliphatic heterocycles. The summed E-state index contributed by atoms with van der Waals surface area (Å²) in [5.74, 6) is 0. The number of hydrogen-bond donors (Lipinski definition) is 2. The third kappa shape index (κ3) is 3.80. The van der Waals surface area contributed by atoms with Crippen molar-refractivity contribution in [2.24, 2.45) is 10.2 Å². The molecule has 132 valence electrons. The number of thiazole rings is 2. The summed E-state index contributed by atoms with van der Waals surface area (Å²) in [4.78, 5) is 9.40. The molecule has 3 aromatic rings. The van der Waals surface area contributed by atoms with E-state index < -0.39 is 0 Å². The Morgan fingerprint density at radius 2 is 1.52 bits per heavy atom. The third-order valence-corrected chi connectivity index (χ3v) is 5.80. The average Bonchev–Trinajstić information content (AvgIpc) is 3.21. The third-order valence-electron chi connectivity index (χ3n) is 3.92. The summed E-state index contributed by atoms with van der Waals surface area (Å²) < 4.78 is 2.22. The van der Waals surface area contributed by atoms with Gasteiger partial charge in [-0.25, -0.2) is 9.97 Å². The quantitative estimate of drug-likeness (QED) is 0.434. The molecule has 0 saturated heterocycles. The number of nitrogens with one attached hydrogen (secondary N) is 2. The highest BCUT2D eigenvalue weighted by atomic mass is 32.1. The number of fused-ring (bicyclic) bond motifs is 3. The van der Waals surface area contributed by atoms with Gasteiger partial charge in [-0.2, -0.15) is 10.2 Å². The number of aromatic nitrogens is 2. The van der Waals surface area contributed by atoms with Gasteiger partial charge in [0.25, 0.3) is 0 Å². The summed E-state index contributed by atoms with van der Waals surface area (Å²) in [7, 11) is 0. The van der Waals surface area contributed by atoms with E-state index >= 15 is 0 Å². The van der Waals surface area contributed by atoms with Gasteiger partial charge in [-0.3, -0.25) is 10.9 Å². The van der Waals surface area contributed by atoms with E-state index in [1.165, 1.54) is 0 Å². The predicted octanol–water partition coefficient (Wildman–Crippen LogP) is 5.61. The molecule has 25 heavy (non-hydrogen) atoms. The zero-order chi connectivity index (χ0) is 18.0. The molecule has 2 aromatic heterocycles. The van der Waals surface area contributed by atoms with Crippen LogP contribution in [-0.2, 0) is 0 Å². The Hall–Kier alpha value is -2.06. The molecule has 0 saturated carbocycles. The van der Waals surface area contributed by atoms with Crippen LogP contribution in [0.3, 0.4) is 0 Å². The average molecular weight is 375 g/mol. The minimum Gasteiger partial charge on any atom is -0.253 e. The largest absolute Gasteiger partial charge is 0.253 e. The van der Waals surface area contributed by atoms with Crippen LogP contribution in [0.2, 0.25) is 0 Å². The standard InChI is InChI=1S/C17H22N6S2/c1-6-10(4)20-22-16-19-14-12(24-16)8-9(3)13-15(14)25-17(18-13)23-21-11(5)7-2/h8H,6-7H2,1-5H3,(H,18,23)(H,19,22)/b20-10+,21-11+. The van der Waals surface area contributed by atoms with Crippen LogP contribution in [-0.4, -0.2) is 21.4 Å². The molecule has 0 bridgehead atoms. The first kappa shape index (κ1) is 17.8. The van der Waals surface area contributed by atoms with Crippen LogP contribution in [0.15, 0.2) is 16.3 Å². The second-order valence-corrected chi connectivity index (χ2v) is 7.91. The van der Waals surface area contributed by atoms with Gasteiger partial charge in [0.05, 0.1) is 14.9 Å². The van der Waals surface area contributed by atoms with Crippen molar-refractivity contribution in [3.63, 3.8) is 0 Å². The Morgan fingerprint density at radius 1 is 0.960 bits per heavy atom. The maximum Gasteiger partial charge on any atom is 0.204 e. The first-order valence-electron chi connectivity index (χ1n) is 8.30. The van der Waals surface area contributed by atoms with Crippen molar-refractivity contribution in [2.75, 3.05) is 10.9 Å². The smallest absolute Gasteiger partial charge is 0.204 e. The summed E-state index contributed by atoms with van der Waals surface area (Å²) in [6.07, 6.45) is 1.84. The molecule has 0 unspecified atom stereocenters. The minimum atomic E-state index is 0.792. The SMILES string of the molecule is CC/C(C)=N/Nc1nc2c(cc(C)c3nc(N/N=C(\C)CC)sc32)s1. The van der Waals surface area contributed by atoms with Crippen molar-refractivity contribution in [3.8, 4) is 0 Å². The van der Waals surface area contributed by atoms with Gasteiger partial charge in [0, 0.05) is 11.4 Å². The molecule has 0 spiro atoms. The molecule has 2 N–H and O–H groups in total. The van der Waals surface area contributed by atoms with E-state index in [9.17, 15) is 0 Å². The maximum absolute atomic E-state index is 4.72. The number of hydrazone groups is 2. The Morgan fingerprint density at radius 3 is 2.12 bits per heavy atom. The summed E-state index contributed by atoms with van der Waals surface area (Å²) in [6.45, 7) is 10.3. The number of rotatable bonds is 6. The van der Waals surface area contributed by atoms with Gasteiger partial charge in [0.2, 0.25) is 10.3 Å². The van der Waals surface area contributed by atoms with Crippen LogP contribution >= 0.6 is 22.7 Å². The first-order valence-corrected chi connectivity index (χ1v) is 9.94. The van der Waals surface area contributed by atoms with E-state index in [0.29, 0.717) is 0 Å². The van der Waals surface area contributed by atoms with E-state index in [4.69, 9.17) is 4.98 Å². The molecule has 8 heteroatoms. The van der Waals surface area contributed by atoms with Gasteiger partial charge in [0.15, 0.2) is 0 Å². The van der Waals surface area contributed by atoms with Gasteiger partial charge in [-0.05, 0) is 45.2 Å². The molecular weight excluding hydrogens is 352 g/mol. The van der Waals surface area contributed by atoms with Gasteiger partial charge in [-0.15, -0.1) is 0 Å². The van der Waals surface area contributed by atoms with Gasteiger partial charge in [0.1, 0.15) is 5.52 Å². The topological polar surface area (TPSA) is 74.6 Å². The fourth-order valence-corrected chi connectivity index (χ4v) is 4.10. The second-order valence-electron chi connectivity index (χ2n) is 5.88. The van der Waals surface area contributed by atoms with Crippen molar-refractivity contribution in [3.05, 3.63) is 11.6 Å². The molecule has 6 nitrogen and oxygen atoms in total. The highest BCUT2D eigenvalue weighted by molar-refractivity contribution is 7.25. The highest BCUT2D eigenvalue weighted by Gasteiger charge is 2.14. The molecule has 2 heterocycles. The van der Waals surface area contributed by atoms with E-state index in [2.05, 4.69) is 52.9 Å². The van der Waals surface area contributed by atoms with E-state index in [1.54, 1.807) is 22.7 Å². The Bertz CT molecular complexity index is 966. The van der Waals surface area contributed by atoms with Gasteiger partial charge < -0.3 is 0 Å². The summed E-state index contributed by atoms with van der Waals surface area (Å²) in [5.41, 5.74) is 11.3. The van der Waals surface area contributed by atoms with Crippen LogP contribution in [0, 0.1) is 6.92 Å². The van der Waals surface area contributed by atoms with Crippen LogP contribution in [0.25, 0.3) is 20.4 Å². The number of aryl methyl sites for hydroxylation is 1. The minimum absolute atomic E-state index is 0.792. The summed E-state index contributed by atoms with van der Waals surface area (Å²) >= 11 is 3.20. The molecule has 0 fully saturated rings. The molecule has 0 amide bonds. The zero-order valence-electron chi connectivity index (χ0n) is 15.1. The van der Waals surface area contributed by atoms with Crippen LogP contribution < -0.4 is 10.9 Å². The van der Waals surface area contributed by atoms with Gasteiger partial charge in [-0.1, -0.05) is 36.5 Å². The Kier molecular flexibility index (Phi) is 5.29. The second kappa shape index (κ2) is 7.45. The Labute approximate surface area is 155 Å². The van der Waals surface area contributed by atoms with Crippen molar-refractivity contribution in [1.29, 1.82) is 0 Å². The predicted molar refractivity (Wildman–Crippen MR) is 112 cm³/mol. The molecule has 0 aliphatic carbocycles. The lowest BCUT2D eigenvalue weighted by Crippen LogP contribution is -1.94. The number of benzene rings is 1. The van der Waals surface area contributed by atoms with Crippen LogP contribution in [0.1, 0.15) is 46.1 Å². The molecule has 0 aliphatic rings. The number of hydrogen-bond acceptors (Lipinski definition) is 8. The van der Waals surface area contributed by atoms with Crippen LogP contribution in [0.5, 0.6) is 0 Å². The van der Waals surface area contributed by atoms with Crippen molar-refractivity contribution in [2.45, 2.75) is 47.5 Å². The maximum atomic E-state index is 4.72. The van der Waals surface area contributed by atoms with Crippen molar-refractivity contribution in [1.82, 2.24) is 9.97 Å². The lowest BCUT2D eigenvalue weighted by Gasteiger charge is -1.95. The fraction of sp³-hybridized carbons (Fsp3) is 0.412. The lowest BCUT2D eigenvalue weighted by molar-refractivity contribution is 1.20. The van der Waals surface area contributed by atoms with Crippen molar-refractivity contribution < 1.29 is 0 Å². The molecule has 0 atom stereocenters. The zero-order valence-corrected chi connectivity index (χ0v) is 16.7. The fourth-order valence-electron chi connectivity index (χ4n) is 2.15. The molecule has 1 aromatic carbocycles. The number of anilines is 2.